The number of carbonyl (C=O) groups excluding carboxylic acids is 3. The van der Waals surface area contributed by atoms with Gasteiger partial charge < -0.3 is 4.74 Å². The summed E-state index contributed by atoms with van der Waals surface area (Å²) in [5.74, 6) is -1.57. The van der Waals surface area contributed by atoms with E-state index in [2.05, 4.69) is 5.32 Å². The number of carbonyl (C=O) groups is 3. The average Bonchev–Trinajstić information content (AvgIpc) is 2.81. The Balaban J connectivity index is 1.68. The van der Waals surface area contributed by atoms with Gasteiger partial charge in [0.15, 0.2) is 0 Å². The summed E-state index contributed by atoms with van der Waals surface area (Å²) in [6, 6.07) is 15.6. The van der Waals surface area contributed by atoms with Crippen molar-refractivity contribution in [3.05, 3.63) is 104 Å². The molecule has 4 amide bonds. The zero-order chi connectivity index (χ0) is 25.1. The molecule has 1 fully saturated rings. The fraction of sp³-hybridized carbons (Fsp3) is 0.0417. The number of imide groups is 2. The first-order chi connectivity index (χ1) is 16.7. The van der Waals surface area contributed by atoms with Gasteiger partial charge in [0.25, 0.3) is 17.5 Å². The molecule has 0 saturated carbocycles. The van der Waals surface area contributed by atoms with Crippen LogP contribution in [0, 0.1) is 10.1 Å². The van der Waals surface area contributed by atoms with Gasteiger partial charge in [-0.3, -0.25) is 25.0 Å². The quantitative estimate of drug-likeness (QED) is 0.211. The molecule has 0 aliphatic carbocycles. The average molecular weight is 512 g/mol. The fourth-order valence-corrected chi connectivity index (χ4v) is 3.74. The van der Waals surface area contributed by atoms with E-state index < -0.39 is 22.8 Å². The van der Waals surface area contributed by atoms with E-state index in [1.807, 2.05) is 6.07 Å². The maximum atomic E-state index is 13.2. The molecule has 1 aliphatic heterocycles. The highest BCUT2D eigenvalue weighted by molar-refractivity contribution is 6.39. The number of nitro groups is 1. The maximum absolute atomic E-state index is 13.2. The van der Waals surface area contributed by atoms with Crippen molar-refractivity contribution >= 4 is 58.5 Å². The molecule has 1 saturated heterocycles. The number of rotatable bonds is 6. The molecule has 1 heterocycles. The van der Waals surface area contributed by atoms with Crippen LogP contribution in [0.4, 0.5) is 16.2 Å². The SMILES string of the molecule is O=C1NC(=O)N(c2cccc([N+](=O)[O-])c2)C(=O)/C1=C/c1cc(Cl)ccc1OCc1cccc(Cl)c1. The number of benzene rings is 3. The zero-order valence-corrected chi connectivity index (χ0v) is 19.2. The lowest BCUT2D eigenvalue weighted by molar-refractivity contribution is -0.384. The Bertz CT molecular complexity index is 1410. The number of non-ortho nitro benzene ring substituents is 1. The van der Waals surface area contributed by atoms with Crippen LogP contribution in [-0.4, -0.2) is 22.8 Å². The number of amides is 4. The smallest absolute Gasteiger partial charge is 0.335 e. The van der Waals surface area contributed by atoms with Crippen molar-refractivity contribution in [2.45, 2.75) is 6.61 Å². The zero-order valence-electron chi connectivity index (χ0n) is 17.7. The molecule has 4 rings (SSSR count). The Labute approximate surface area is 208 Å². The van der Waals surface area contributed by atoms with Crippen molar-refractivity contribution in [2.75, 3.05) is 4.90 Å². The number of nitro benzene ring substituents is 1. The topological polar surface area (TPSA) is 119 Å². The minimum atomic E-state index is -1.03. The van der Waals surface area contributed by atoms with Gasteiger partial charge in [0.1, 0.15) is 17.9 Å². The molecule has 35 heavy (non-hydrogen) atoms. The minimum Gasteiger partial charge on any atom is -0.488 e. The molecule has 0 spiro atoms. The highest BCUT2D eigenvalue weighted by Crippen LogP contribution is 2.29. The summed E-state index contributed by atoms with van der Waals surface area (Å²) in [6.45, 7) is 0.150. The molecule has 3 aromatic carbocycles. The lowest BCUT2D eigenvalue weighted by Crippen LogP contribution is -2.54. The number of barbiturate groups is 1. The van der Waals surface area contributed by atoms with Crippen LogP contribution < -0.4 is 15.0 Å². The van der Waals surface area contributed by atoms with Crippen LogP contribution in [0.15, 0.2) is 72.3 Å². The maximum Gasteiger partial charge on any atom is 0.335 e. The van der Waals surface area contributed by atoms with E-state index in [9.17, 15) is 24.5 Å². The Kier molecular flexibility index (Phi) is 6.81. The second-order valence-corrected chi connectivity index (χ2v) is 8.21. The minimum absolute atomic E-state index is 0.0661. The summed E-state index contributed by atoms with van der Waals surface area (Å²) >= 11 is 12.1. The normalized spacial score (nSPS) is 14.7. The highest BCUT2D eigenvalue weighted by atomic mass is 35.5. The largest absolute Gasteiger partial charge is 0.488 e. The van der Waals surface area contributed by atoms with Crippen LogP contribution in [0.1, 0.15) is 11.1 Å². The third kappa shape index (κ3) is 5.32. The second kappa shape index (κ2) is 9.96. The Morgan fingerprint density at radius 1 is 0.971 bits per heavy atom. The van der Waals surface area contributed by atoms with Gasteiger partial charge in [0.2, 0.25) is 0 Å². The van der Waals surface area contributed by atoms with Gasteiger partial charge in [-0.15, -0.1) is 0 Å². The van der Waals surface area contributed by atoms with E-state index in [1.165, 1.54) is 30.3 Å². The summed E-state index contributed by atoms with van der Waals surface area (Å²) in [6.07, 6.45) is 1.24. The molecule has 3 aromatic rings. The van der Waals surface area contributed by atoms with Crippen molar-refractivity contribution in [3.8, 4) is 5.75 Å². The van der Waals surface area contributed by atoms with Gasteiger partial charge in [-0.2, -0.15) is 0 Å². The number of anilines is 1. The van der Waals surface area contributed by atoms with Crippen LogP contribution in [-0.2, 0) is 16.2 Å². The molecule has 11 heteroatoms. The van der Waals surface area contributed by atoms with E-state index in [0.29, 0.717) is 26.3 Å². The van der Waals surface area contributed by atoms with Crippen LogP contribution in [0.3, 0.4) is 0 Å². The van der Waals surface area contributed by atoms with E-state index in [0.717, 1.165) is 11.6 Å². The summed E-state index contributed by atoms with van der Waals surface area (Å²) in [5.41, 5.74) is 0.332. The number of nitrogens with one attached hydrogen (secondary N) is 1. The van der Waals surface area contributed by atoms with Crippen molar-refractivity contribution < 1.29 is 24.0 Å². The van der Waals surface area contributed by atoms with Crippen molar-refractivity contribution in [1.82, 2.24) is 5.32 Å². The fourth-order valence-electron chi connectivity index (χ4n) is 3.34. The third-order valence-corrected chi connectivity index (χ3v) is 5.43. The van der Waals surface area contributed by atoms with Crippen molar-refractivity contribution in [2.24, 2.45) is 0 Å². The van der Waals surface area contributed by atoms with E-state index in [4.69, 9.17) is 27.9 Å². The van der Waals surface area contributed by atoms with Gasteiger partial charge in [0, 0.05) is 27.7 Å². The van der Waals surface area contributed by atoms with Gasteiger partial charge in [0.05, 0.1) is 10.6 Å². The summed E-state index contributed by atoms with van der Waals surface area (Å²) in [4.78, 5) is 49.2. The van der Waals surface area contributed by atoms with Gasteiger partial charge in [-0.05, 0) is 48.0 Å². The van der Waals surface area contributed by atoms with Crippen molar-refractivity contribution in [3.63, 3.8) is 0 Å². The Hall–Kier alpha value is -4.21. The first-order valence-electron chi connectivity index (χ1n) is 10.1. The molecule has 9 nitrogen and oxygen atoms in total. The van der Waals surface area contributed by atoms with Crippen LogP contribution in [0.25, 0.3) is 6.08 Å². The monoisotopic (exact) mass is 511 g/mol. The summed E-state index contributed by atoms with van der Waals surface area (Å²) in [5, 5.41) is 14.1. The number of hydrogen-bond acceptors (Lipinski definition) is 6. The van der Waals surface area contributed by atoms with Gasteiger partial charge in [-0.1, -0.05) is 41.4 Å². The number of urea groups is 1. The van der Waals surface area contributed by atoms with Gasteiger partial charge in [-0.25, -0.2) is 9.69 Å². The second-order valence-electron chi connectivity index (χ2n) is 7.34. The summed E-state index contributed by atoms with van der Waals surface area (Å²) in [7, 11) is 0. The molecule has 176 valence electrons. The molecule has 0 bridgehead atoms. The third-order valence-electron chi connectivity index (χ3n) is 4.96. The lowest BCUT2D eigenvalue weighted by atomic mass is 10.1. The standard InChI is InChI=1S/C24H15Cl2N3O6/c25-16-4-1-3-14(9-16)13-35-21-8-7-17(26)10-15(21)11-20-22(30)27-24(32)28(23(20)31)18-5-2-6-19(12-18)29(33)34/h1-12H,13H2,(H,27,30,32)/b20-11+. The molecule has 0 unspecified atom stereocenters. The first-order valence-corrected chi connectivity index (χ1v) is 10.8. The molecule has 0 radical (unpaired) electrons. The molecular weight excluding hydrogens is 497 g/mol. The molecule has 1 N–H and O–H groups in total. The molecule has 0 atom stereocenters. The van der Waals surface area contributed by atoms with E-state index >= 15 is 0 Å². The van der Waals surface area contributed by atoms with Gasteiger partial charge >= 0.3 is 6.03 Å². The number of halogens is 2. The molecule has 1 aliphatic rings. The molecule has 0 aromatic heterocycles. The Morgan fingerprint density at radius 3 is 2.46 bits per heavy atom. The van der Waals surface area contributed by atoms with Crippen molar-refractivity contribution in [1.29, 1.82) is 0 Å². The highest BCUT2D eigenvalue weighted by Gasteiger charge is 2.37. The number of nitrogens with zero attached hydrogens (tertiary/aromatic N) is 2. The van der Waals surface area contributed by atoms with E-state index in [1.54, 1.807) is 30.3 Å². The predicted octanol–water partition coefficient (Wildman–Crippen LogP) is 5.15. The predicted molar refractivity (Wildman–Crippen MR) is 129 cm³/mol. The van der Waals surface area contributed by atoms with Crippen LogP contribution in [0.2, 0.25) is 10.0 Å². The molecular formula is C24H15Cl2N3O6. The summed E-state index contributed by atoms with van der Waals surface area (Å²) < 4.78 is 5.86. The Morgan fingerprint density at radius 2 is 1.71 bits per heavy atom. The number of hydrogen-bond donors (Lipinski definition) is 1. The lowest BCUT2D eigenvalue weighted by Gasteiger charge is -2.26. The van der Waals surface area contributed by atoms with Crippen LogP contribution >= 0.6 is 23.2 Å². The van der Waals surface area contributed by atoms with E-state index in [-0.39, 0.29) is 23.6 Å². The number of ether oxygens (including phenoxy) is 1. The first kappa shape index (κ1) is 23.9. The van der Waals surface area contributed by atoms with Crippen LogP contribution in [0.5, 0.6) is 5.75 Å².